The fourth-order valence-corrected chi connectivity index (χ4v) is 4.12. The lowest BCUT2D eigenvalue weighted by Gasteiger charge is -2.00. The minimum atomic E-state index is -3.75. The van der Waals surface area contributed by atoms with E-state index in [1.54, 1.807) is 61.7 Å². The van der Waals surface area contributed by atoms with Crippen LogP contribution >= 0.6 is 11.8 Å². The quantitative estimate of drug-likeness (QED) is 0.568. The van der Waals surface area contributed by atoms with E-state index in [2.05, 4.69) is 10.3 Å². The van der Waals surface area contributed by atoms with Gasteiger partial charge in [0.25, 0.3) is 5.91 Å². The second kappa shape index (κ2) is 8.42. The van der Waals surface area contributed by atoms with Crippen molar-refractivity contribution < 1.29 is 22.4 Å². The molecule has 8 nitrogen and oxygen atoms in total. The van der Waals surface area contributed by atoms with Crippen LogP contribution in [-0.2, 0) is 14.8 Å². The van der Waals surface area contributed by atoms with E-state index in [0.29, 0.717) is 32.8 Å². The van der Waals surface area contributed by atoms with Crippen molar-refractivity contribution >= 4 is 44.6 Å². The molecular formula is C21H17N3O5S2. The zero-order chi connectivity index (χ0) is 22.0. The Bertz CT molecular complexity index is 1290. The lowest BCUT2D eigenvalue weighted by Crippen LogP contribution is -2.19. The lowest BCUT2D eigenvalue weighted by atomic mass is 10.2. The van der Waals surface area contributed by atoms with Gasteiger partial charge in [-0.3, -0.25) is 4.79 Å². The second-order valence-corrected chi connectivity index (χ2v) is 9.04. The van der Waals surface area contributed by atoms with Crippen LogP contribution in [0.15, 0.2) is 79.9 Å². The van der Waals surface area contributed by atoms with Gasteiger partial charge in [0.1, 0.15) is 17.3 Å². The largest absolute Gasteiger partial charge is 0.497 e. The van der Waals surface area contributed by atoms with Crippen molar-refractivity contribution in [1.29, 1.82) is 0 Å². The maximum atomic E-state index is 12.3. The summed E-state index contributed by atoms with van der Waals surface area (Å²) in [5.41, 5.74) is 1.37. The number of thioether (sulfide) groups is 1. The monoisotopic (exact) mass is 455 g/mol. The summed E-state index contributed by atoms with van der Waals surface area (Å²) in [4.78, 5) is 17.2. The molecule has 3 aromatic rings. The number of primary sulfonamides is 1. The topological polar surface area (TPSA) is 124 Å². The highest BCUT2D eigenvalue weighted by molar-refractivity contribution is 8.18. The molecule has 1 amide bonds. The van der Waals surface area contributed by atoms with E-state index in [1.807, 2.05) is 0 Å². The van der Waals surface area contributed by atoms with Gasteiger partial charge in [-0.1, -0.05) is 0 Å². The molecule has 4 rings (SSSR count). The van der Waals surface area contributed by atoms with Crippen molar-refractivity contribution in [3.05, 3.63) is 71.3 Å². The summed E-state index contributed by atoms with van der Waals surface area (Å²) in [5.74, 6) is 1.46. The highest BCUT2D eigenvalue weighted by atomic mass is 32.2. The smallest absolute Gasteiger partial charge is 0.264 e. The number of carbonyl (C=O) groups excluding carboxylic acids is 1. The van der Waals surface area contributed by atoms with Gasteiger partial charge in [-0.2, -0.15) is 0 Å². The number of methoxy groups -OCH3 is 1. The number of nitrogens with one attached hydrogen (secondary N) is 1. The third-order valence-electron chi connectivity index (χ3n) is 4.32. The predicted molar refractivity (Wildman–Crippen MR) is 119 cm³/mol. The molecule has 1 saturated heterocycles. The number of aliphatic imine (C=N–C) groups is 1. The summed E-state index contributed by atoms with van der Waals surface area (Å²) in [6, 6.07) is 16.7. The Labute approximate surface area is 182 Å². The van der Waals surface area contributed by atoms with Crippen molar-refractivity contribution in [2.24, 2.45) is 10.1 Å². The summed E-state index contributed by atoms with van der Waals surface area (Å²) in [6.45, 7) is 0. The zero-order valence-electron chi connectivity index (χ0n) is 16.2. The third kappa shape index (κ3) is 4.88. The van der Waals surface area contributed by atoms with E-state index < -0.39 is 10.0 Å². The van der Waals surface area contributed by atoms with Gasteiger partial charge in [0.05, 0.1) is 22.6 Å². The summed E-state index contributed by atoms with van der Waals surface area (Å²) < 4.78 is 33.6. The Morgan fingerprint density at radius 1 is 1.06 bits per heavy atom. The van der Waals surface area contributed by atoms with Gasteiger partial charge in [0.2, 0.25) is 10.0 Å². The molecule has 0 aliphatic carbocycles. The van der Waals surface area contributed by atoms with Crippen LogP contribution in [0.2, 0.25) is 0 Å². The Kier molecular flexibility index (Phi) is 5.68. The molecule has 3 N–H and O–H groups in total. The maximum absolute atomic E-state index is 12.3. The molecule has 2 heterocycles. The number of sulfonamides is 1. The molecule has 1 fully saturated rings. The average molecular weight is 456 g/mol. The van der Waals surface area contributed by atoms with E-state index in [1.165, 1.54) is 23.9 Å². The Morgan fingerprint density at radius 3 is 2.42 bits per heavy atom. The van der Waals surface area contributed by atoms with Gasteiger partial charge in [-0.15, -0.1) is 0 Å². The normalized spacial score (nSPS) is 16.6. The molecule has 10 heteroatoms. The van der Waals surface area contributed by atoms with E-state index in [9.17, 15) is 13.2 Å². The molecule has 1 aromatic heterocycles. The number of nitrogens with zero attached hydrogens (tertiary/aromatic N) is 1. The molecule has 1 aliphatic heterocycles. The maximum Gasteiger partial charge on any atom is 0.264 e. The van der Waals surface area contributed by atoms with Crippen molar-refractivity contribution in [3.8, 4) is 17.1 Å². The fraction of sp³-hybridized carbons (Fsp3) is 0.0476. The first-order valence-electron chi connectivity index (χ1n) is 8.98. The van der Waals surface area contributed by atoms with Gasteiger partial charge in [-0.05, 0) is 72.4 Å². The summed E-state index contributed by atoms with van der Waals surface area (Å²) >= 11 is 1.21. The Morgan fingerprint density at radius 2 is 1.77 bits per heavy atom. The number of carbonyl (C=O) groups is 1. The first-order chi connectivity index (χ1) is 14.8. The first kappa shape index (κ1) is 20.9. The number of amides is 1. The predicted octanol–water partition coefficient (Wildman–Crippen LogP) is 3.49. The van der Waals surface area contributed by atoms with Crippen LogP contribution in [0.4, 0.5) is 5.69 Å². The van der Waals surface area contributed by atoms with Crippen LogP contribution in [0.25, 0.3) is 17.4 Å². The summed E-state index contributed by atoms with van der Waals surface area (Å²) in [7, 11) is -2.17. The Balaban J connectivity index is 1.51. The van der Waals surface area contributed by atoms with Crippen LogP contribution < -0.4 is 15.2 Å². The zero-order valence-corrected chi connectivity index (χ0v) is 17.9. The standard InChI is InChI=1S/C21H17N3O5S2/c1-28-15-6-4-14(5-7-15)23-21-24-20(25)19(30-21)12-16-8-11-18(29-16)13-2-9-17(10-3-13)31(22,26)27/h2-12H,1H3,(H2,22,26,27)(H,23,24,25)/b19-12-. The van der Waals surface area contributed by atoms with E-state index in [-0.39, 0.29) is 10.8 Å². The molecule has 158 valence electrons. The Hall–Kier alpha value is -3.34. The third-order valence-corrected chi connectivity index (χ3v) is 6.16. The molecule has 0 saturated carbocycles. The van der Waals surface area contributed by atoms with Gasteiger partial charge >= 0.3 is 0 Å². The molecule has 0 radical (unpaired) electrons. The number of hydrogen-bond acceptors (Lipinski definition) is 7. The van der Waals surface area contributed by atoms with Gasteiger partial charge in [0.15, 0.2) is 5.17 Å². The number of ether oxygens (including phenoxy) is 1. The van der Waals surface area contributed by atoms with Crippen molar-refractivity contribution in [1.82, 2.24) is 5.32 Å². The number of hydrogen-bond donors (Lipinski definition) is 2. The van der Waals surface area contributed by atoms with Crippen molar-refractivity contribution in [3.63, 3.8) is 0 Å². The minimum absolute atomic E-state index is 0.0212. The molecule has 1 aliphatic rings. The molecule has 0 atom stereocenters. The van der Waals surface area contributed by atoms with Gasteiger partial charge in [0, 0.05) is 11.6 Å². The van der Waals surface area contributed by atoms with Crippen molar-refractivity contribution in [2.45, 2.75) is 4.90 Å². The molecule has 0 unspecified atom stereocenters. The molecule has 0 bridgehead atoms. The summed E-state index contributed by atoms with van der Waals surface area (Å²) in [6.07, 6.45) is 1.62. The van der Waals surface area contributed by atoms with E-state index in [4.69, 9.17) is 14.3 Å². The highest BCUT2D eigenvalue weighted by Gasteiger charge is 2.24. The minimum Gasteiger partial charge on any atom is -0.497 e. The van der Waals surface area contributed by atoms with Crippen LogP contribution in [-0.4, -0.2) is 26.6 Å². The molecule has 2 aromatic carbocycles. The average Bonchev–Trinajstić information content (AvgIpc) is 3.35. The highest BCUT2D eigenvalue weighted by Crippen LogP contribution is 2.30. The number of amidine groups is 1. The lowest BCUT2D eigenvalue weighted by molar-refractivity contribution is -0.115. The van der Waals surface area contributed by atoms with Crippen LogP contribution in [0.1, 0.15) is 5.76 Å². The van der Waals surface area contributed by atoms with E-state index in [0.717, 1.165) is 5.75 Å². The van der Waals surface area contributed by atoms with Crippen LogP contribution in [0.5, 0.6) is 5.75 Å². The van der Waals surface area contributed by atoms with Crippen molar-refractivity contribution in [2.75, 3.05) is 7.11 Å². The number of benzene rings is 2. The number of nitrogens with two attached hydrogens (primary N) is 1. The number of rotatable bonds is 5. The van der Waals surface area contributed by atoms with Gasteiger partial charge < -0.3 is 14.5 Å². The van der Waals surface area contributed by atoms with Crippen LogP contribution in [0, 0.1) is 0 Å². The van der Waals surface area contributed by atoms with E-state index >= 15 is 0 Å². The summed E-state index contributed by atoms with van der Waals surface area (Å²) in [5, 5.41) is 8.30. The molecular weight excluding hydrogens is 438 g/mol. The second-order valence-electron chi connectivity index (χ2n) is 6.45. The van der Waals surface area contributed by atoms with Gasteiger partial charge in [-0.25, -0.2) is 18.5 Å². The SMILES string of the molecule is COc1ccc(N=C2NC(=O)/C(=C/c3ccc(-c4ccc(S(N)(=O)=O)cc4)o3)S2)cc1. The first-order valence-corrected chi connectivity index (χ1v) is 11.3. The molecule has 0 spiro atoms. The van der Waals surface area contributed by atoms with Crippen LogP contribution in [0.3, 0.4) is 0 Å². The molecule has 31 heavy (non-hydrogen) atoms. The fourth-order valence-electron chi connectivity index (χ4n) is 2.78. The number of furan rings is 1.